The van der Waals surface area contributed by atoms with E-state index in [9.17, 15) is 9.59 Å². The molecular weight excluding hydrogens is 328 g/mol. The second-order valence-corrected chi connectivity index (χ2v) is 8.32. The fourth-order valence-electron chi connectivity index (χ4n) is 2.90. The van der Waals surface area contributed by atoms with Gasteiger partial charge in [-0.1, -0.05) is 13.3 Å². The van der Waals surface area contributed by atoms with E-state index in [-0.39, 0.29) is 24.0 Å². The van der Waals surface area contributed by atoms with Crippen molar-refractivity contribution < 1.29 is 9.59 Å². The fraction of sp³-hybridized carbons (Fsp3) is 0.700. The van der Waals surface area contributed by atoms with Crippen molar-refractivity contribution in [2.75, 3.05) is 13.1 Å². The van der Waals surface area contributed by atoms with Crippen molar-refractivity contribution in [1.29, 1.82) is 0 Å². The number of nitrogens with zero attached hydrogens (tertiary/aromatic N) is 3. The van der Waals surface area contributed by atoms with Crippen molar-refractivity contribution >= 4 is 11.9 Å². The van der Waals surface area contributed by atoms with Gasteiger partial charge in [0.15, 0.2) is 0 Å². The molecule has 0 unspecified atom stereocenters. The van der Waals surface area contributed by atoms with E-state index >= 15 is 0 Å². The third-order valence-electron chi connectivity index (χ3n) is 4.57. The summed E-state index contributed by atoms with van der Waals surface area (Å²) in [6, 6.07) is 4.20. The molecule has 146 valence electrons. The lowest BCUT2D eigenvalue weighted by Gasteiger charge is -2.30. The van der Waals surface area contributed by atoms with Crippen molar-refractivity contribution in [2.24, 2.45) is 7.05 Å². The number of hydrogen-bond donors (Lipinski definition) is 1. The summed E-state index contributed by atoms with van der Waals surface area (Å²) >= 11 is 0. The summed E-state index contributed by atoms with van der Waals surface area (Å²) in [6.07, 6.45) is 5.99. The maximum atomic E-state index is 13.0. The Bertz CT molecular complexity index is 614. The van der Waals surface area contributed by atoms with Gasteiger partial charge in [0.1, 0.15) is 6.54 Å². The number of carbonyl (C=O) groups excluding carboxylic acids is 2. The third kappa shape index (κ3) is 6.07. The maximum absolute atomic E-state index is 13.0. The lowest BCUT2D eigenvalue weighted by atomic mass is 10.1. The molecule has 0 spiro atoms. The van der Waals surface area contributed by atoms with E-state index in [1.807, 2.05) is 55.6 Å². The molecule has 1 heterocycles. The Morgan fingerprint density at radius 1 is 1.31 bits per heavy atom. The van der Waals surface area contributed by atoms with Crippen molar-refractivity contribution in [3.8, 4) is 0 Å². The molecule has 0 aromatic carbocycles. The van der Waals surface area contributed by atoms with E-state index in [2.05, 4.69) is 12.2 Å². The van der Waals surface area contributed by atoms with E-state index in [1.165, 1.54) is 0 Å². The van der Waals surface area contributed by atoms with Crippen LogP contribution in [0.1, 0.15) is 59.1 Å². The highest BCUT2D eigenvalue weighted by atomic mass is 16.2. The van der Waals surface area contributed by atoms with Gasteiger partial charge in [0.2, 0.25) is 5.91 Å². The van der Waals surface area contributed by atoms with Gasteiger partial charge in [0, 0.05) is 37.1 Å². The highest BCUT2D eigenvalue weighted by Gasteiger charge is 2.34. The summed E-state index contributed by atoms with van der Waals surface area (Å²) in [4.78, 5) is 29.2. The molecule has 1 N–H and O–H groups in total. The Morgan fingerprint density at radius 2 is 2.00 bits per heavy atom. The predicted octanol–water partition coefficient (Wildman–Crippen LogP) is 3.13. The first kappa shape index (κ1) is 20.3. The summed E-state index contributed by atoms with van der Waals surface area (Å²) in [5.74, 6) is 0.0360. The Hall–Kier alpha value is -1.98. The second-order valence-electron chi connectivity index (χ2n) is 8.32. The molecule has 1 aliphatic carbocycles. The summed E-state index contributed by atoms with van der Waals surface area (Å²) in [5, 5.41) is 2.98. The van der Waals surface area contributed by atoms with Gasteiger partial charge in [-0.05, 0) is 52.2 Å². The molecule has 0 radical (unpaired) electrons. The van der Waals surface area contributed by atoms with E-state index in [0.29, 0.717) is 19.1 Å². The van der Waals surface area contributed by atoms with E-state index in [0.717, 1.165) is 31.4 Å². The SMILES string of the molecule is CCCCN(CC(=O)N(Cc1cccn1C)C1CC1)C(=O)NC(C)(C)C. The molecule has 3 amide bonds. The highest BCUT2D eigenvalue weighted by molar-refractivity contribution is 5.84. The fourth-order valence-corrected chi connectivity index (χ4v) is 2.90. The molecule has 1 aromatic heterocycles. The summed E-state index contributed by atoms with van der Waals surface area (Å²) in [5.41, 5.74) is 0.800. The van der Waals surface area contributed by atoms with Crippen molar-refractivity contribution in [3.05, 3.63) is 24.0 Å². The average molecular weight is 363 g/mol. The molecule has 1 aromatic rings. The smallest absolute Gasteiger partial charge is 0.318 e. The van der Waals surface area contributed by atoms with E-state index in [4.69, 9.17) is 0 Å². The van der Waals surface area contributed by atoms with Gasteiger partial charge in [-0.3, -0.25) is 4.79 Å². The normalized spacial score (nSPS) is 14.2. The van der Waals surface area contributed by atoms with Gasteiger partial charge < -0.3 is 19.7 Å². The van der Waals surface area contributed by atoms with Gasteiger partial charge in [-0.25, -0.2) is 4.79 Å². The van der Waals surface area contributed by atoms with E-state index < -0.39 is 0 Å². The zero-order valence-corrected chi connectivity index (χ0v) is 16.9. The molecule has 1 saturated carbocycles. The Morgan fingerprint density at radius 3 is 2.50 bits per heavy atom. The zero-order chi connectivity index (χ0) is 19.3. The monoisotopic (exact) mass is 362 g/mol. The number of unbranched alkanes of at least 4 members (excludes halogenated alkanes) is 1. The molecule has 0 aliphatic heterocycles. The van der Waals surface area contributed by atoms with Gasteiger partial charge in [-0.2, -0.15) is 0 Å². The Kier molecular flexibility index (Phi) is 6.73. The molecule has 1 aliphatic rings. The molecular formula is C20H34N4O2. The first-order chi connectivity index (χ1) is 12.2. The highest BCUT2D eigenvalue weighted by Crippen LogP contribution is 2.28. The lowest BCUT2D eigenvalue weighted by molar-refractivity contribution is -0.133. The minimum Gasteiger partial charge on any atom is -0.353 e. The molecule has 0 atom stereocenters. The number of aryl methyl sites for hydroxylation is 1. The largest absolute Gasteiger partial charge is 0.353 e. The van der Waals surface area contributed by atoms with Crippen LogP contribution in [0.2, 0.25) is 0 Å². The number of nitrogens with one attached hydrogen (secondary N) is 1. The zero-order valence-electron chi connectivity index (χ0n) is 16.9. The van der Waals surface area contributed by atoms with Crippen LogP contribution in [0.3, 0.4) is 0 Å². The molecule has 6 heteroatoms. The minimum absolute atomic E-state index is 0.0360. The van der Waals surface area contributed by atoms with Crippen LogP contribution in [0.5, 0.6) is 0 Å². The average Bonchev–Trinajstić information content (AvgIpc) is 3.30. The van der Waals surface area contributed by atoms with Crippen LogP contribution in [0.25, 0.3) is 0 Å². The van der Waals surface area contributed by atoms with Crippen molar-refractivity contribution in [2.45, 2.75) is 71.5 Å². The van der Waals surface area contributed by atoms with Crippen molar-refractivity contribution in [1.82, 2.24) is 19.7 Å². The molecule has 26 heavy (non-hydrogen) atoms. The lowest BCUT2D eigenvalue weighted by Crippen LogP contribution is -2.52. The first-order valence-corrected chi connectivity index (χ1v) is 9.68. The summed E-state index contributed by atoms with van der Waals surface area (Å²) in [7, 11) is 2.00. The van der Waals surface area contributed by atoms with E-state index in [1.54, 1.807) is 4.90 Å². The second kappa shape index (κ2) is 8.60. The molecule has 0 saturated heterocycles. The number of aromatic nitrogens is 1. The van der Waals surface area contributed by atoms with Gasteiger partial charge in [0.25, 0.3) is 0 Å². The van der Waals surface area contributed by atoms with Crippen LogP contribution < -0.4 is 5.32 Å². The predicted molar refractivity (Wildman–Crippen MR) is 104 cm³/mol. The standard InChI is InChI=1S/C20H34N4O2/c1-6-7-13-23(19(26)21-20(2,3)4)15-18(25)24(16-10-11-16)14-17-9-8-12-22(17)5/h8-9,12,16H,6-7,10-11,13-15H2,1-5H3,(H,21,26). The summed E-state index contributed by atoms with van der Waals surface area (Å²) < 4.78 is 2.05. The molecule has 0 bridgehead atoms. The number of amides is 3. The van der Waals surface area contributed by atoms with Gasteiger partial charge in [-0.15, -0.1) is 0 Å². The quantitative estimate of drug-likeness (QED) is 0.772. The van der Waals surface area contributed by atoms with Crippen LogP contribution in [0.4, 0.5) is 4.79 Å². The van der Waals surface area contributed by atoms with Crippen LogP contribution >= 0.6 is 0 Å². The van der Waals surface area contributed by atoms with Crippen LogP contribution in [-0.2, 0) is 18.4 Å². The topological polar surface area (TPSA) is 57.6 Å². The van der Waals surface area contributed by atoms with Crippen molar-refractivity contribution in [3.63, 3.8) is 0 Å². The van der Waals surface area contributed by atoms with Gasteiger partial charge in [0.05, 0.1) is 6.54 Å². The molecule has 2 rings (SSSR count). The number of rotatable bonds is 8. The number of urea groups is 1. The van der Waals surface area contributed by atoms with Crippen LogP contribution in [0.15, 0.2) is 18.3 Å². The number of hydrogen-bond acceptors (Lipinski definition) is 2. The minimum atomic E-state index is -0.316. The third-order valence-corrected chi connectivity index (χ3v) is 4.57. The molecule has 1 fully saturated rings. The molecule has 6 nitrogen and oxygen atoms in total. The van der Waals surface area contributed by atoms with Crippen LogP contribution in [0, 0.1) is 0 Å². The van der Waals surface area contributed by atoms with Crippen LogP contribution in [-0.4, -0.2) is 51.0 Å². The maximum Gasteiger partial charge on any atom is 0.318 e. The Balaban J connectivity index is 2.05. The number of carbonyl (C=O) groups is 2. The van der Waals surface area contributed by atoms with Gasteiger partial charge >= 0.3 is 6.03 Å². The first-order valence-electron chi connectivity index (χ1n) is 9.68. The Labute approximate surface area is 157 Å². The summed E-state index contributed by atoms with van der Waals surface area (Å²) in [6.45, 7) is 9.31.